The Morgan fingerprint density at radius 1 is 1.17 bits per heavy atom. The molecule has 0 aliphatic rings. The first-order valence-electron chi connectivity index (χ1n) is 4.03. The molecule has 0 aromatic rings. The molecule has 4 nitrogen and oxygen atoms in total. The fourth-order valence-corrected chi connectivity index (χ4v) is 0.792. The van der Waals surface area contributed by atoms with E-state index in [1.165, 1.54) is 14.2 Å². The van der Waals surface area contributed by atoms with Gasteiger partial charge in [-0.2, -0.15) is 0 Å². The molecular formula is C8H16O4. The van der Waals surface area contributed by atoms with Crippen LogP contribution in [-0.2, 0) is 19.3 Å². The molecule has 12 heavy (non-hydrogen) atoms. The van der Waals surface area contributed by atoms with Gasteiger partial charge in [0.1, 0.15) is 0 Å². The van der Waals surface area contributed by atoms with Gasteiger partial charge in [0.25, 0.3) is 0 Å². The van der Waals surface area contributed by atoms with E-state index >= 15 is 0 Å². The van der Waals surface area contributed by atoms with Gasteiger partial charge in [0.05, 0.1) is 20.8 Å². The van der Waals surface area contributed by atoms with Crippen LogP contribution in [0.3, 0.4) is 0 Å². The molecule has 0 saturated carbocycles. The molecule has 0 saturated heterocycles. The van der Waals surface area contributed by atoms with Gasteiger partial charge in [0.15, 0.2) is 0 Å². The van der Waals surface area contributed by atoms with Crippen molar-refractivity contribution in [2.45, 2.75) is 25.7 Å². The Morgan fingerprint density at radius 2 is 1.92 bits per heavy atom. The van der Waals surface area contributed by atoms with E-state index in [0.717, 1.165) is 19.3 Å². The Hall–Kier alpha value is -0.610. The minimum Gasteiger partial charge on any atom is -0.469 e. The zero-order chi connectivity index (χ0) is 9.23. The van der Waals surface area contributed by atoms with Crippen LogP contribution in [0.25, 0.3) is 0 Å². The summed E-state index contributed by atoms with van der Waals surface area (Å²) in [6.07, 6.45) is 3.20. The molecule has 0 aliphatic carbocycles. The summed E-state index contributed by atoms with van der Waals surface area (Å²) in [7, 11) is 2.88. The highest BCUT2D eigenvalue weighted by molar-refractivity contribution is 5.68. The minimum absolute atomic E-state index is 0.150. The van der Waals surface area contributed by atoms with Crippen LogP contribution in [0.1, 0.15) is 25.7 Å². The van der Waals surface area contributed by atoms with Crippen molar-refractivity contribution in [2.24, 2.45) is 0 Å². The Morgan fingerprint density at radius 3 is 2.50 bits per heavy atom. The zero-order valence-electron chi connectivity index (χ0n) is 7.67. The van der Waals surface area contributed by atoms with Crippen LogP contribution in [0.2, 0.25) is 0 Å². The van der Waals surface area contributed by atoms with Crippen molar-refractivity contribution in [3.05, 3.63) is 0 Å². The minimum atomic E-state index is -0.150. The molecule has 72 valence electrons. The third-order valence-electron chi connectivity index (χ3n) is 1.45. The van der Waals surface area contributed by atoms with Crippen molar-refractivity contribution in [1.82, 2.24) is 0 Å². The van der Waals surface area contributed by atoms with Crippen LogP contribution >= 0.6 is 0 Å². The average molecular weight is 176 g/mol. The van der Waals surface area contributed by atoms with Crippen LogP contribution < -0.4 is 0 Å². The highest BCUT2D eigenvalue weighted by Gasteiger charge is 1.98. The first kappa shape index (κ1) is 11.4. The van der Waals surface area contributed by atoms with Crippen molar-refractivity contribution in [3.8, 4) is 0 Å². The predicted octanol–water partition coefficient (Wildman–Crippen LogP) is 1.30. The smallest absolute Gasteiger partial charge is 0.305 e. The molecule has 0 spiro atoms. The van der Waals surface area contributed by atoms with Gasteiger partial charge >= 0.3 is 5.97 Å². The maximum absolute atomic E-state index is 10.6. The highest BCUT2D eigenvalue weighted by Crippen LogP contribution is 2.00. The van der Waals surface area contributed by atoms with Gasteiger partial charge in [-0.3, -0.25) is 4.79 Å². The fraction of sp³-hybridized carbons (Fsp3) is 0.875. The molecule has 0 atom stereocenters. The first-order valence-corrected chi connectivity index (χ1v) is 4.03. The van der Waals surface area contributed by atoms with Gasteiger partial charge in [-0.1, -0.05) is 6.42 Å². The summed E-state index contributed by atoms with van der Waals surface area (Å²) in [4.78, 5) is 19.7. The molecule has 0 amide bonds. The second-order valence-corrected chi connectivity index (χ2v) is 2.38. The highest BCUT2D eigenvalue weighted by atomic mass is 17.2. The lowest BCUT2D eigenvalue weighted by atomic mass is 10.2. The summed E-state index contributed by atoms with van der Waals surface area (Å²) in [6.45, 7) is 0.581. The van der Waals surface area contributed by atoms with E-state index in [0.29, 0.717) is 13.0 Å². The van der Waals surface area contributed by atoms with Gasteiger partial charge in [0, 0.05) is 6.42 Å². The van der Waals surface area contributed by atoms with E-state index in [4.69, 9.17) is 0 Å². The van der Waals surface area contributed by atoms with Gasteiger partial charge in [-0.15, -0.1) is 0 Å². The average Bonchev–Trinajstić information content (AvgIpc) is 2.10. The third-order valence-corrected chi connectivity index (χ3v) is 1.45. The molecule has 0 N–H and O–H groups in total. The summed E-state index contributed by atoms with van der Waals surface area (Å²) in [5, 5.41) is 0. The number of esters is 1. The Kier molecular flexibility index (Phi) is 8.05. The number of rotatable bonds is 7. The molecule has 0 aromatic heterocycles. The van der Waals surface area contributed by atoms with E-state index in [-0.39, 0.29) is 5.97 Å². The predicted molar refractivity (Wildman–Crippen MR) is 43.4 cm³/mol. The van der Waals surface area contributed by atoms with Gasteiger partial charge in [-0.25, -0.2) is 9.78 Å². The van der Waals surface area contributed by atoms with E-state index in [9.17, 15) is 4.79 Å². The van der Waals surface area contributed by atoms with Gasteiger partial charge in [-0.05, 0) is 12.8 Å². The van der Waals surface area contributed by atoms with Crippen LogP contribution in [-0.4, -0.2) is 26.8 Å². The van der Waals surface area contributed by atoms with Gasteiger partial charge in [0.2, 0.25) is 0 Å². The van der Waals surface area contributed by atoms with Gasteiger partial charge < -0.3 is 4.74 Å². The van der Waals surface area contributed by atoms with Crippen LogP contribution in [0.4, 0.5) is 0 Å². The lowest BCUT2D eigenvalue weighted by molar-refractivity contribution is -0.272. The number of hydrogen-bond acceptors (Lipinski definition) is 4. The van der Waals surface area contributed by atoms with Crippen molar-refractivity contribution >= 4 is 5.97 Å². The van der Waals surface area contributed by atoms with Crippen molar-refractivity contribution in [2.75, 3.05) is 20.8 Å². The summed E-state index contributed by atoms with van der Waals surface area (Å²) < 4.78 is 4.48. The van der Waals surface area contributed by atoms with Crippen LogP contribution in [0.5, 0.6) is 0 Å². The molecule has 0 aliphatic heterocycles. The normalized spacial score (nSPS) is 9.83. The van der Waals surface area contributed by atoms with E-state index in [2.05, 4.69) is 14.5 Å². The quantitative estimate of drug-likeness (QED) is 0.254. The number of ether oxygens (including phenoxy) is 1. The van der Waals surface area contributed by atoms with Crippen molar-refractivity contribution in [1.29, 1.82) is 0 Å². The molecular weight excluding hydrogens is 160 g/mol. The maximum atomic E-state index is 10.6. The van der Waals surface area contributed by atoms with Crippen LogP contribution in [0, 0.1) is 0 Å². The van der Waals surface area contributed by atoms with Crippen molar-refractivity contribution in [3.63, 3.8) is 0 Å². The lowest BCUT2D eigenvalue weighted by Gasteiger charge is -1.99. The fourth-order valence-electron chi connectivity index (χ4n) is 0.792. The lowest BCUT2D eigenvalue weighted by Crippen LogP contribution is -2.00. The molecule has 0 aromatic carbocycles. The number of unbranched alkanes of at least 4 members (excludes halogenated alkanes) is 2. The molecule has 0 heterocycles. The molecule has 0 radical (unpaired) electrons. The van der Waals surface area contributed by atoms with E-state index in [1.807, 2.05) is 0 Å². The monoisotopic (exact) mass is 176 g/mol. The maximum Gasteiger partial charge on any atom is 0.305 e. The van der Waals surface area contributed by atoms with Crippen LogP contribution in [0.15, 0.2) is 0 Å². The largest absolute Gasteiger partial charge is 0.469 e. The Labute approximate surface area is 72.7 Å². The molecule has 0 rings (SSSR count). The zero-order valence-corrected chi connectivity index (χ0v) is 7.67. The molecule has 0 fully saturated rings. The topological polar surface area (TPSA) is 44.8 Å². The Balaban J connectivity index is 2.95. The summed E-state index contributed by atoms with van der Waals surface area (Å²) >= 11 is 0. The summed E-state index contributed by atoms with van der Waals surface area (Å²) in [5.74, 6) is -0.150. The molecule has 0 unspecified atom stereocenters. The SMILES string of the molecule is COOCCCCCC(=O)OC. The number of carbonyl (C=O) groups excluding carboxylic acids is 1. The summed E-state index contributed by atoms with van der Waals surface area (Å²) in [6, 6.07) is 0. The van der Waals surface area contributed by atoms with E-state index in [1.54, 1.807) is 0 Å². The molecule has 4 heteroatoms. The third kappa shape index (κ3) is 7.50. The number of hydrogen-bond donors (Lipinski definition) is 0. The molecule has 0 bridgehead atoms. The van der Waals surface area contributed by atoms with E-state index < -0.39 is 0 Å². The number of carbonyl (C=O) groups is 1. The van der Waals surface area contributed by atoms with Crippen molar-refractivity contribution < 1.29 is 19.3 Å². The second kappa shape index (κ2) is 8.49. The summed E-state index contributed by atoms with van der Waals surface area (Å²) in [5.41, 5.74) is 0. The standard InChI is InChI=1S/C8H16O4/c1-10-8(9)6-4-3-5-7-12-11-2/h3-7H2,1-2H3. The number of methoxy groups -OCH3 is 1. The second-order valence-electron chi connectivity index (χ2n) is 2.38. The first-order chi connectivity index (χ1) is 5.81. The Bertz CT molecular complexity index is 114.